The number of benzene rings is 1. The van der Waals surface area contributed by atoms with Crippen LogP contribution in [0.15, 0.2) is 0 Å². The average molecular weight is 386 g/mol. The first-order valence-corrected chi connectivity index (χ1v) is 10.4. The van der Waals surface area contributed by atoms with Gasteiger partial charge in [0.05, 0.1) is 11.1 Å². The van der Waals surface area contributed by atoms with Crippen molar-refractivity contribution < 1.29 is 24.5 Å². The maximum absolute atomic E-state index is 11.8. The predicted octanol–water partition coefficient (Wildman–Crippen LogP) is 4.83. The van der Waals surface area contributed by atoms with Crippen molar-refractivity contribution in [3.8, 4) is 17.2 Å². The largest absolute Gasteiger partial charge is 0.507 e. The Labute approximate surface area is 166 Å². The van der Waals surface area contributed by atoms with Crippen LogP contribution in [0.5, 0.6) is 17.2 Å². The summed E-state index contributed by atoms with van der Waals surface area (Å²) in [6.45, 7) is 8.80. The number of phenolic OH excluding ortho intramolecular Hbond substituents is 2. The number of carbonyl (C=O) groups excluding carboxylic acids is 2. The molecule has 0 unspecified atom stereocenters. The Morgan fingerprint density at radius 3 is 2.21 bits per heavy atom. The molecule has 152 valence electrons. The molecule has 4 rings (SSSR count). The van der Waals surface area contributed by atoms with Crippen LogP contribution in [0.2, 0.25) is 0 Å². The maximum atomic E-state index is 11.8. The van der Waals surface area contributed by atoms with Crippen LogP contribution in [0.3, 0.4) is 0 Å². The highest BCUT2D eigenvalue weighted by Gasteiger charge is 2.71. The second-order valence-corrected chi connectivity index (χ2v) is 9.85. The summed E-state index contributed by atoms with van der Waals surface area (Å²) in [6.07, 6.45) is 5.74. The van der Waals surface area contributed by atoms with Gasteiger partial charge in [0.1, 0.15) is 22.8 Å². The third-order valence-corrected chi connectivity index (χ3v) is 7.72. The Morgan fingerprint density at radius 1 is 1.04 bits per heavy atom. The lowest BCUT2D eigenvalue weighted by molar-refractivity contribution is 0.0145. The minimum atomic E-state index is -0.481. The van der Waals surface area contributed by atoms with E-state index in [9.17, 15) is 19.8 Å². The molecule has 0 amide bonds. The number of aromatic hydroxyl groups is 2. The molecule has 3 aliphatic rings. The van der Waals surface area contributed by atoms with Crippen LogP contribution in [0, 0.1) is 23.2 Å². The molecule has 2 aliphatic carbocycles. The fourth-order valence-corrected chi connectivity index (χ4v) is 6.23. The lowest BCUT2D eigenvalue weighted by atomic mass is 9.75. The zero-order valence-corrected chi connectivity index (χ0v) is 17.1. The Hall–Kier alpha value is -2.04. The summed E-state index contributed by atoms with van der Waals surface area (Å²) >= 11 is 0. The van der Waals surface area contributed by atoms with E-state index in [1.165, 1.54) is 0 Å². The van der Waals surface area contributed by atoms with E-state index in [1.54, 1.807) is 0 Å². The molecule has 0 radical (unpaired) electrons. The zero-order valence-electron chi connectivity index (χ0n) is 17.1. The molecule has 5 nitrogen and oxygen atoms in total. The van der Waals surface area contributed by atoms with E-state index < -0.39 is 5.75 Å². The number of rotatable bonds is 5. The molecular weight excluding hydrogens is 356 g/mol. The van der Waals surface area contributed by atoms with E-state index >= 15 is 0 Å². The molecule has 28 heavy (non-hydrogen) atoms. The molecule has 1 aromatic carbocycles. The second-order valence-electron chi connectivity index (χ2n) is 9.85. The van der Waals surface area contributed by atoms with Crippen LogP contribution in [0.4, 0.5) is 0 Å². The summed E-state index contributed by atoms with van der Waals surface area (Å²) in [7, 11) is 0. The van der Waals surface area contributed by atoms with Gasteiger partial charge in [-0.3, -0.25) is 9.59 Å². The molecule has 1 heterocycles. The molecule has 0 saturated heterocycles. The second kappa shape index (κ2) is 6.23. The molecule has 4 atom stereocenters. The molecule has 2 saturated carbocycles. The highest BCUT2D eigenvalue weighted by Crippen LogP contribution is 2.74. The number of fused-ring (bicyclic) bond motifs is 3. The van der Waals surface area contributed by atoms with Gasteiger partial charge in [0.25, 0.3) is 0 Å². The van der Waals surface area contributed by atoms with E-state index in [0.717, 1.165) is 32.1 Å². The van der Waals surface area contributed by atoms with Crippen LogP contribution < -0.4 is 4.74 Å². The SMILES string of the molecule is CC(C)C[C@H]1C[C@]2(CC[C@@]3(C(C)C)C[C@@H]23)Oc2c(C=O)c(O)c(C=O)c(O)c21. The van der Waals surface area contributed by atoms with Gasteiger partial charge in [-0.25, -0.2) is 0 Å². The maximum Gasteiger partial charge on any atom is 0.157 e. The normalized spacial score (nSPS) is 32.9. The predicted molar refractivity (Wildman–Crippen MR) is 105 cm³/mol. The van der Waals surface area contributed by atoms with Crippen molar-refractivity contribution in [2.45, 2.75) is 71.3 Å². The molecule has 1 spiro atoms. The first-order chi connectivity index (χ1) is 13.2. The van der Waals surface area contributed by atoms with E-state index in [1.807, 2.05) is 0 Å². The van der Waals surface area contributed by atoms with E-state index in [4.69, 9.17) is 4.74 Å². The van der Waals surface area contributed by atoms with Gasteiger partial charge < -0.3 is 14.9 Å². The highest BCUT2D eigenvalue weighted by atomic mass is 16.5. The zero-order chi connectivity index (χ0) is 20.4. The fourth-order valence-electron chi connectivity index (χ4n) is 6.23. The van der Waals surface area contributed by atoms with Gasteiger partial charge >= 0.3 is 0 Å². The van der Waals surface area contributed by atoms with Gasteiger partial charge in [0.15, 0.2) is 12.6 Å². The first-order valence-electron chi connectivity index (χ1n) is 10.4. The Morgan fingerprint density at radius 2 is 1.71 bits per heavy atom. The molecule has 1 aliphatic heterocycles. The number of phenols is 2. The standard InChI is InChI=1S/C23H30O5/c1-12(2)7-14-8-23(6-5-22(13(3)4)9-17(22)23)28-21-16(11-25)19(26)15(10-24)20(27)18(14)21/h10-14,17,26-27H,5-9H2,1-4H3/t14-,17+,22-,23-/m0/s1. The lowest BCUT2D eigenvalue weighted by Crippen LogP contribution is -2.42. The van der Waals surface area contributed by atoms with Gasteiger partial charge in [-0.2, -0.15) is 0 Å². The number of carbonyl (C=O) groups is 2. The third-order valence-electron chi connectivity index (χ3n) is 7.72. The summed E-state index contributed by atoms with van der Waals surface area (Å²) in [5, 5.41) is 21.2. The highest BCUT2D eigenvalue weighted by molar-refractivity contribution is 5.95. The number of hydrogen-bond acceptors (Lipinski definition) is 5. The Kier molecular flexibility index (Phi) is 4.29. The Bertz CT molecular complexity index is 842. The average Bonchev–Trinajstić information content (AvgIpc) is 3.30. The van der Waals surface area contributed by atoms with Crippen LogP contribution >= 0.6 is 0 Å². The molecule has 2 N–H and O–H groups in total. The smallest absolute Gasteiger partial charge is 0.157 e. The fraction of sp³-hybridized carbons (Fsp3) is 0.652. The van der Waals surface area contributed by atoms with Crippen molar-refractivity contribution in [1.29, 1.82) is 0 Å². The van der Waals surface area contributed by atoms with E-state index in [0.29, 0.717) is 47.1 Å². The van der Waals surface area contributed by atoms with Crippen LogP contribution in [-0.2, 0) is 0 Å². The Balaban J connectivity index is 1.88. The van der Waals surface area contributed by atoms with E-state index in [2.05, 4.69) is 27.7 Å². The minimum Gasteiger partial charge on any atom is -0.507 e. The summed E-state index contributed by atoms with van der Waals surface area (Å²) < 4.78 is 6.54. The van der Waals surface area contributed by atoms with Crippen LogP contribution in [0.25, 0.3) is 0 Å². The number of ether oxygens (including phenoxy) is 1. The molecule has 2 fully saturated rings. The van der Waals surface area contributed by atoms with Crippen molar-refractivity contribution in [2.24, 2.45) is 23.2 Å². The van der Waals surface area contributed by atoms with Crippen molar-refractivity contribution >= 4 is 12.6 Å². The first kappa shape index (κ1) is 19.3. The van der Waals surface area contributed by atoms with Gasteiger partial charge in [0.2, 0.25) is 0 Å². The third kappa shape index (κ3) is 2.44. The van der Waals surface area contributed by atoms with Gasteiger partial charge in [-0.1, -0.05) is 27.7 Å². The van der Waals surface area contributed by atoms with E-state index in [-0.39, 0.29) is 28.4 Å². The molecule has 5 heteroatoms. The summed E-state index contributed by atoms with van der Waals surface area (Å²) in [6, 6.07) is 0. The molecular formula is C23H30O5. The minimum absolute atomic E-state index is 0.00886. The van der Waals surface area contributed by atoms with Crippen molar-refractivity contribution in [1.82, 2.24) is 0 Å². The van der Waals surface area contributed by atoms with Gasteiger partial charge in [-0.05, 0) is 55.3 Å². The van der Waals surface area contributed by atoms with Gasteiger partial charge in [-0.15, -0.1) is 0 Å². The molecule has 1 aromatic rings. The summed E-state index contributed by atoms with van der Waals surface area (Å²) in [5.74, 6) is 0.968. The summed E-state index contributed by atoms with van der Waals surface area (Å²) in [5.41, 5.74) is 0.252. The topological polar surface area (TPSA) is 83.8 Å². The monoisotopic (exact) mass is 386 g/mol. The lowest BCUT2D eigenvalue weighted by Gasteiger charge is -2.43. The molecule has 0 aromatic heterocycles. The number of hydrogen-bond donors (Lipinski definition) is 2. The summed E-state index contributed by atoms with van der Waals surface area (Å²) in [4.78, 5) is 23.3. The van der Waals surface area contributed by atoms with Crippen molar-refractivity contribution in [2.75, 3.05) is 0 Å². The van der Waals surface area contributed by atoms with Crippen molar-refractivity contribution in [3.63, 3.8) is 0 Å². The van der Waals surface area contributed by atoms with Crippen LogP contribution in [-0.4, -0.2) is 28.4 Å². The van der Waals surface area contributed by atoms with Crippen molar-refractivity contribution in [3.05, 3.63) is 16.7 Å². The van der Waals surface area contributed by atoms with Crippen LogP contribution in [0.1, 0.15) is 92.0 Å². The quantitative estimate of drug-likeness (QED) is 0.708. The van der Waals surface area contributed by atoms with Gasteiger partial charge in [0, 0.05) is 11.5 Å². The number of aldehydes is 2. The molecule has 0 bridgehead atoms.